The SMILES string of the molecule is COCCCOc1cc(CC(CC(N)C(O)CC(C)C(=O)NCCCC(=O)NCCOC)C(C)C)ccc1OC.Cl. The summed E-state index contributed by atoms with van der Waals surface area (Å²) in [6.45, 7) is 8.61. The maximum absolute atomic E-state index is 12.5. The Labute approximate surface area is 252 Å². The second-order valence-corrected chi connectivity index (χ2v) is 10.7. The average molecular weight is 604 g/mol. The molecule has 0 saturated carbocycles. The van der Waals surface area contributed by atoms with Gasteiger partial charge in [-0.2, -0.15) is 0 Å². The van der Waals surface area contributed by atoms with Gasteiger partial charge in [-0.25, -0.2) is 0 Å². The number of hydrogen-bond acceptors (Lipinski definition) is 8. The van der Waals surface area contributed by atoms with Crippen molar-refractivity contribution in [3.8, 4) is 11.5 Å². The number of halogens is 1. The minimum absolute atomic E-state index is 0. The van der Waals surface area contributed by atoms with E-state index in [4.69, 9.17) is 24.7 Å². The molecule has 5 N–H and O–H groups in total. The van der Waals surface area contributed by atoms with E-state index < -0.39 is 18.1 Å². The molecule has 2 amide bonds. The molecule has 0 heterocycles. The van der Waals surface area contributed by atoms with Crippen molar-refractivity contribution >= 4 is 24.2 Å². The van der Waals surface area contributed by atoms with Crippen LogP contribution >= 0.6 is 12.4 Å². The molecule has 0 aliphatic heterocycles. The summed E-state index contributed by atoms with van der Waals surface area (Å²) in [4.78, 5) is 24.2. The number of carbonyl (C=O) groups is 2. The maximum Gasteiger partial charge on any atom is 0.222 e. The first-order chi connectivity index (χ1) is 19.1. The second kappa shape index (κ2) is 22.5. The zero-order chi connectivity index (χ0) is 29.9. The number of ether oxygens (including phenoxy) is 4. The predicted molar refractivity (Wildman–Crippen MR) is 164 cm³/mol. The molecule has 1 aromatic rings. The van der Waals surface area contributed by atoms with Crippen molar-refractivity contribution in [1.29, 1.82) is 0 Å². The predicted octanol–water partition coefficient (Wildman–Crippen LogP) is 3.11. The minimum atomic E-state index is -0.802. The largest absolute Gasteiger partial charge is 0.493 e. The van der Waals surface area contributed by atoms with Crippen LogP contribution in [0.1, 0.15) is 58.4 Å². The topological polar surface area (TPSA) is 141 Å². The van der Waals surface area contributed by atoms with Crippen molar-refractivity contribution in [2.24, 2.45) is 23.5 Å². The third kappa shape index (κ3) is 16.2. The molecule has 11 heteroatoms. The maximum atomic E-state index is 12.5. The van der Waals surface area contributed by atoms with Crippen molar-refractivity contribution in [3.05, 3.63) is 23.8 Å². The molecule has 0 radical (unpaired) electrons. The van der Waals surface area contributed by atoms with Crippen LogP contribution in [-0.2, 0) is 25.5 Å². The zero-order valence-corrected chi connectivity index (χ0v) is 26.6. The van der Waals surface area contributed by atoms with Crippen LogP contribution in [0.3, 0.4) is 0 Å². The van der Waals surface area contributed by atoms with Gasteiger partial charge in [0.05, 0.1) is 26.4 Å². The summed E-state index contributed by atoms with van der Waals surface area (Å²) in [5.41, 5.74) is 7.56. The fourth-order valence-corrected chi connectivity index (χ4v) is 4.41. The molecule has 10 nitrogen and oxygen atoms in total. The van der Waals surface area contributed by atoms with Gasteiger partial charge in [-0.15, -0.1) is 12.4 Å². The molecule has 41 heavy (non-hydrogen) atoms. The number of carbonyl (C=O) groups excluding carboxylic acids is 2. The van der Waals surface area contributed by atoms with Gasteiger partial charge < -0.3 is 40.4 Å². The van der Waals surface area contributed by atoms with E-state index in [1.54, 1.807) is 28.3 Å². The third-order valence-corrected chi connectivity index (χ3v) is 7.04. The molecule has 4 atom stereocenters. The molecule has 1 rings (SSSR count). The number of nitrogens with one attached hydrogen (secondary N) is 2. The Kier molecular flexibility index (Phi) is 21.3. The summed E-state index contributed by atoms with van der Waals surface area (Å²) < 4.78 is 21.4. The molecule has 0 aromatic heterocycles. The van der Waals surface area contributed by atoms with Gasteiger partial charge >= 0.3 is 0 Å². The van der Waals surface area contributed by atoms with Gasteiger partial charge in [-0.3, -0.25) is 9.59 Å². The van der Waals surface area contributed by atoms with E-state index in [0.717, 1.165) is 18.4 Å². The van der Waals surface area contributed by atoms with E-state index in [0.29, 0.717) is 69.6 Å². The molecule has 0 saturated heterocycles. The summed E-state index contributed by atoms with van der Waals surface area (Å²) in [7, 11) is 4.87. The van der Waals surface area contributed by atoms with Gasteiger partial charge in [0.1, 0.15) is 0 Å². The van der Waals surface area contributed by atoms with Gasteiger partial charge in [0.15, 0.2) is 11.5 Å². The quantitative estimate of drug-likeness (QED) is 0.148. The van der Waals surface area contributed by atoms with E-state index in [1.165, 1.54) is 0 Å². The Morgan fingerprint density at radius 2 is 1.63 bits per heavy atom. The normalized spacial score (nSPS) is 14.0. The molecule has 0 spiro atoms. The van der Waals surface area contributed by atoms with Crippen LogP contribution in [0, 0.1) is 17.8 Å². The van der Waals surface area contributed by atoms with Crippen LogP contribution in [0.15, 0.2) is 18.2 Å². The molecular weight excluding hydrogens is 550 g/mol. The third-order valence-electron chi connectivity index (χ3n) is 7.04. The first-order valence-electron chi connectivity index (χ1n) is 14.4. The lowest BCUT2D eigenvalue weighted by atomic mass is 9.82. The standard InChI is InChI=1S/C30H53N3O7.ClH/c1-21(2)24(18-23-10-11-27(39-6)28(19-23)40-15-8-14-37-4)20-25(31)26(34)17-22(3)30(36)33-12-7-9-29(35)32-13-16-38-5;/h10-11,19,21-22,24-26,34H,7-9,12-18,20,31H2,1-6H3,(H,32,35)(H,33,36);1H. The monoisotopic (exact) mass is 603 g/mol. The van der Waals surface area contributed by atoms with Crippen molar-refractivity contribution in [3.63, 3.8) is 0 Å². The highest BCUT2D eigenvalue weighted by atomic mass is 35.5. The highest BCUT2D eigenvalue weighted by Gasteiger charge is 2.26. The minimum Gasteiger partial charge on any atom is -0.493 e. The number of methoxy groups -OCH3 is 3. The molecule has 0 aliphatic carbocycles. The van der Waals surface area contributed by atoms with Crippen molar-refractivity contribution < 1.29 is 33.6 Å². The Bertz CT molecular complexity index is 859. The van der Waals surface area contributed by atoms with Crippen LogP contribution < -0.4 is 25.8 Å². The van der Waals surface area contributed by atoms with Gasteiger partial charge in [-0.05, 0) is 55.2 Å². The summed E-state index contributed by atoms with van der Waals surface area (Å²) in [5, 5.41) is 16.4. The molecular formula is C30H54ClN3O7. The lowest BCUT2D eigenvalue weighted by Crippen LogP contribution is -2.41. The van der Waals surface area contributed by atoms with Gasteiger partial charge in [0.25, 0.3) is 0 Å². The van der Waals surface area contributed by atoms with Crippen LogP contribution in [0.2, 0.25) is 0 Å². The summed E-state index contributed by atoms with van der Waals surface area (Å²) in [5.74, 6) is 1.36. The number of benzene rings is 1. The van der Waals surface area contributed by atoms with E-state index >= 15 is 0 Å². The van der Waals surface area contributed by atoms with Crippen LogP contribution in [0.5, 0.6) is 11.5 Å². The molecule has 238 valence electrons. The zero-order valence-electron chi connectivity index (χ0n) is 25.8. The number of rotatable bonds is 22. The summed E-state index contributed by atoms with van der Waals surface area (Å²) in [6.07, 6.45) is 2.54. The molecule has 0 bridgehead atoms. The van der Waals surface area contributed by atoms with Crippen molar-refractivity contribution in [2.75, 3.05) is 54.2 Å². The number of aliphatic hydroxyl groups excluding tert-OH is 1. The Morgan fingerprint density at radius 3 is 2.27 bits per heavy atom. The lowest BCUT2D eigenvalue weighted by Gasteiger charge is -2.28. The number of nitrogens with two attached hydrogens (primary N) is 1. The first kappa shape index (κ1) is 38.9. The summed E-state index contributed by atoms with van der Waals surface area (Å²) in [6, 6.07) is 5.51. The molecule has 1 aromatic carbocycles. The Hall–Kier alpha value is -2.11. The molecule has 0 fully saturated rings. The molecule has 4 unspecified atom stereocenters. The number of hydrogen-bond donors (Lipinski definition) is 4. The summed E-state index contributed by atoms with van der Waals surface area (Å²) >= 11 is 0. The Balaban J connectivity index is 0.0000160. The molecule has 0 aliphatic rings. The smallest absolute Gasteiger partial charge is 0.222 e. The van der Waals surface area contributed by atoms with E-state index in [9.17, 15) is 14.7 Å². The van der Waals surface area contributed by atoms with Crippen LogP contribution in [0.25, 0.3) is 0 Å². The van der Waals surface area contributed by atoms with Crippen molar-refractivity contribution in [2.45, 2.75) is 71.4 Å². The fourth-order valence-electron chi connectivity index (χ4n) is 4.41. The van der Waals surface area contributed by atoms with Gasteiger partial charge in [-0.1, -0.05) is 26.8 Å². The van der Waals surface area contributed by atoms with Crippen LogP contribution in [0.4, 0.5) is 0 Å². The highest BCUT2D eigenvalue weighted by molar-refractivity contribution is 5.85. The second-order valence-electron chi connectivity index (χ2n) is 10.7. The number of amides is 2. The van der Waals surface area contributed by atoms with Crippen molar-refractivity contribution in [1.82, 2.24) is 10.6 Å². The van der Waals surface area contributed by atoms with E-state index in [1.807, 2.05) is 18.2 Å². The van der Waals surface area contributed by atoms with Gasteiger partial charge in [0.2, 0.25) is 11.8 Å². The van der Waals surface area contributed by atoms with E-state index in [-0.39, 0.29) is 36.6 Å². The first-order valence-corrected chi connectivity index (χ1v) is 14.4. The van der Waals surface area contributed by atoms with Crippen LogP contribution in [-0.4, -0.2) is 83.3 Å². The number of aliphatic hydroxyl groups is 1. The van der Waals surface area contributed by atoms with E-state index in [2.05, 4.69) is 24.5 Å². The van der Waals surface area contributed by atoms with Gasteiger partial charge in [0, 0.05) is 58.7 Å². The fraction of sp³-hybridized carbons (Fsp3) is 0.733. The lowest BCUT2D eigenvalue weighted by molar-refractivity contribution is -0.126. The Morgan fingerprint density at radius 1 is 0.927 bits per heavy atom. The average Bonchev–Trinajstić information content (AvgIpc) is 2.93. The highest BCUT2D eigenvalue weighted by Crippen LogP contribution is 2.31.